The minimum Gasteiger partial charge on any atom is -0.346 e. The van der Waals surface area contributed by atoms with Gasteiger partial charge in [-0.15, -0.1) is 0 Å². The van der Waals surface area contributed by atoms with E-state index >= 15 is 0 Å². The minimum atomic E-state index is -1.01. The molecule has 0 aromatic heterocycles. The standard InChI is InChI=1S/C18H18ClN2OS/c19-15-9-7-14(8-10-15)18(22)13-20(16-5-2-1-3-6-16)17-21(18)11-4-12-23-17/h1-3,5-10,22H,4,11-13H2/q+1/t18-/m1/s1. The van der Waals surface area contributed by atoms with Gasteiger partial charge in [-0.25, -0.2) is 9.48 Å². The minimum absolute atomic E-state index is 0.529. The molecule has 0 radical (unpaired) electrons. The largest absolute Gasteiger partial charge is 0.346 e. The fraction of sp³-hybridized carbons (Fsp3) is 0.278. The molecule has 1 N–H and O–H groups in total. The normalized spacial score (nSPS) is 24.0. The van der Waals surface area contributed by atoms with Crippen LogP contribution in [0.25, 0.3) is 0 Å². The summed E-state index contributed by atoms with van der Waals surface area (Å²) in [7, 11) is 0. The van der Waals surface area contributed by atoms with E-state index in [0.717, 1.165) is 35.1 Å². The topological polar surface area (TPSA) is 26.5 Å². The number of β-amino-alcohol motifs (C(OH)–C–C–N with tert-alkyl or cyclic N) is 1. The van der Waals surface area contributed by atoms with Crippen LogP contribution in [-0.4, -0.2) is 33.7 Å². The molecule has 4 rings (SSSR count). The molecule has 0 saturated heterocycles. The zero-order valence-electron chi connectivity index (χ0n) is 12.7. The number of benzene rings is 2. The molecule has 2 heterocycles. The summed E-state index contributed by atoms with van der Waals surface area (Å²) in [4.78, 5) is 2.22. The quantitative estimate of drug-likeness (QED) is 0.844. The van der Waals surface area contributed by atoms with Gasteiger partial charge >= 0.3 is 5.17 Å². The molecule has 0 amide bonds. The molecule has 0 unspecified atom stereocenters. The first-order valence-electron chi connectivity index (χ1n) is 7.77. The predicted octanol–water partition coefficient (Wildman–Crippen LogP) is 3.51. The van der Waals surface area contributed by atoms with E-state index in [1.54, 1.807) is 0 Å². The molecule has 0 spiro atoms. The summed E-state index contributed by atoms with van der Waals surface area (Å²) in [6.07, 6.45) is 1.08. The molecular weight excluding hydrogens is 328 g/mol. The maximum absolute atomic E-state index is 11.5. The molecule has 2 aromatic carbocycles. The van der Waals surface area contributed by atoms with Crippen LogP contribution >= 0.6 is 23.4 Å². The van der Waals surface area contributed by atoms with Gasteiger partial charge in [0.25, 0.3) is 5.72 Å². The van der Waals surface area contributed by atoms with Gasteiger partial charge < -0.3 is 5.11 Å². The number of anilines is 1. The molecular formula is C18H18ClN2OS+. The molecule has 23 heavy (non-hydrogen) atoms. The Labute approximate surface area is 145 Å². The van der Waals surface area contributed by atoms with Crippen molar-refractivity contribution in [2.75, 3.05) is 23.7 Å². The van der Waals surface area contributed by atoms with E-state index in [-0.39, 0.29) is 0 Å². The van der Waals surface area contributed by atoms with Crippen LogP contribution in [0.4, 0.5) is 5.69 Å². The molecule has 2 aliphatic rings. The predicted molar refractivity (Wildman–Crippen MR) is 96.3 cm³/mol. The maximum Gasteiger partial charge on any atom is 0.316 e. The van der Waals surface area contributed by atoms with Gasteiger partial charge in [-0.2, -0.15) is 0 Å². The Morgan fingerprint density at radius 3 is 2.57 bits per heavy atom. The number of aliphatic hydroxyl groups is 1. The highest BCUT2D eigenvalue weighted by Crippen LogP contribution is 2.37. The van der Waals surface area contributed by atoms with Crippen molar-refractivity contribution in [1.82, 2.24) is 0 Å². The van der Waals surface area contributed by atoms with E-state index in [0.29, 0.717) is 11.6 Å². The maximum atomic E-state index is 11.5. The molecule has 0 saturated carbocycles. The van der Waals surface area contributed by atoms with E-state index in [4.69, 9.17) is 11.6 Å². The molecule has 5 heteroatoms. The van der Waals surface area contributed by atoms with Crippen molar-refractivity contribution in [2.45, 2.75) is 12.1 Å². The Bertz CT molecular complexity index is 747. The Hall–Kier alpha value is -1.49. The molecule has 1 atom stereocenters. The highest BCUT2D eigenvalue weighted by molar-refractivity contribution is 8.13. The summed E-state index contributed by atoms with van der Waals surface area (Å²) in [5.41, 5.74) is 0.996. The van der Waals surface area contributed by atoms with Crippen LogP contribution < -0.4 is 4.90 Å². The Balaban J connectivity index is 1.80. The average molecular weight is 346 g/mol. The first-order valence-corrected chi connectivity index (χ1v) is 9.13. The van der Waals surface area contributed by atoms with Crippen LogP contribution in [0.2, 0.25) is 5.02 Å². The monoisotopic (exact) mass is 345 g/mol. The Morgan fingerprint density at radius 1 is 1.09 bits per heavy atom. The van der Waals surface area contributed by atoms with Crippen LogP contribution in [0.5, 0.6) is 0 Å². The number of amidine groups is 1. The van der Waals surface area contributed by atoms with E-state index in [2.05, 4.69) is 21.6 Å². The van der Waals surface area contributed by atoms with Gasteiger partial charge in [0.1, 0.15) is 5.69 Å². The van der Waals surface area contributed by atoms with Crippen molar-refractivity contribution >= 4 is 34.2 Å². The lowest BCUT2D eigenvalue weighted by atomic mass is 10.0. The molecule has 0 fully saturated rings. The van der Waals surface area contributed by atoms with E-state index in [9.17, 15) is 5.11 Å². The molecule has 118 valence electrons. The SMILES string of the molecule is O[C@@]1(c2ccc(Cl)cc2)CN(c2ccccc2)C2=[N+]1CCCS2. The van der Waals surface area contributed by atoms with Crippen LogP contribution in [0.1, 0.15) is 12.0 Å². The Morgan fingerprint density at radius 2 is 1.83 bits per heavy atom. The van der Waals surface area contributed by atoms with Crippen LogP contribution in [0, 0.1) is 0 Å². The summed E-state index contributed by atoms with van der Waals surface area (Å²) in [5, 5.41) is 13.3. The number of hydrogen-bond donors (Lipinski definition) is 1. The van der Waals surface area contributed by atoms with Gasteiger partial charge in [0.2, 0.25) is 0 Å². The third-order valence-corrected chi connectivity index (χ3v) is 5.86. The number of hydrogen-bond acceptors (Lipinski definition) is 3. The van der Waals surface area contributed by atoms with Gasteiger partial charge in [0.15, 0.2) is 6.54 Å². The first-order chi connectivity index (χ1) is 11.2. The van der Waals surface area contributed by atoms with Crippen molar-refractivity contribution in [1.29, 1.82) is 0 Å². The Kier molecular flexibility index (Phi) is 3.84. The van der Waals surface area contributed by atoms with Crippen molar-refractivity contribution in [3.8, 4) is 0 Å². The number of para-hydroxylation sites is 1. The molecule has 2 aromatic rings. The zero-order chi connectivity index (χ0) is 15.9. The van der Waals surface area contributed by atoms with Gasteiger partial charge in [-0.3, -0.25) is 0 Å². The lowest BCUT2D eigenvalue weighted by Crippen LogP contribution is -2.41. The molecule has 2 aliphatic heterocycles. The average Bonchev–Trinajstić information content (AvgIpc) is 2.91. The third-order valence-electron chi connectivity index (χ3n) is 4.42. The van der Waals surface area contributed by atoms with Crippen molar-refractivity contribution < 1.29 is 9.68 Å². The number of thioether (sulfide) groups is 1. The van der Waals surface area contributed by atoms with Gasteiger partial charge in [-0.1, -0.05) is 41.9 Å². The fourth-order valence-electron chi connectivity index (χ4n) is 3.27. The molecule has 3 nitrogen and oxygen atoms in total. The number of halogens is 1. The number of rotatable bonds is 2. The van der Waals surface area contributed by atoms with E-state index < -0.39 is 5.72 Å². The summed E-state index contributed by atoms with van der Waals surface area (Å²) < 4.78 is 2.14. The fourth-order valence-corrected chi connectivity index (χ4v) is 4.58. The van der Waals surface area contributed by atoms with Crippen LogP contribution in [0.3, 0.4) is 0 Å². The first kappa shape index (κ1) is 15.1. The van der Waals surface area contributed by atoms with Crippen molar-refractivity contribution in [3.63, 3.8) is 0 Å². The highest BCUT2D eigenvalue weighted by Gasteiger charge is 2.53. The second-order valence-corrected chi connectivity index (χ2v) is 7.38. The van der Waals surface area contributed by atoms with Crippen LogP contribution in [0.15, 0.2) is 54.6 Å². The van der Waals surface area contributed by atoms with E-state index in [1.807, 2.05) is 54.2 Å². The summed E-state index contributed by atoms with van der Waals surface area (Å²) in [6, 6.07) is 17.8. The summed E-state index contributed by atoms with van der Waals surface area (Å²) in [5.74, 6) is 1.09. The molecule has 0 bridgehead atoms. The van der Waals surface area contributed by atoms with Gasteiger partial charge in [0.05, 0.1) is 6.54 Å². The van der Waals surface area contributed by atoms with E-state index in [1.165, 1.54) is 0 Å². The second kappa shape index (κ2) is 5.86. The van der Waals surface area contributed by atoms with Gasteiger partial charge in [0, 0.05) is 16.3 Å². The lowest BCUT2D eigenvalue weighted by Gasteiger charge is -2.24. The van der Waals surface area contributed by atoms with Crippen molar-refractivity contribution in [3.05, 3.63) is 65.2 Å². The smallest absolute Gasteiger partial charge is 0.316 e. The van der Waals surface area contributed by atoms with Crippen LogP contribution in [-0.2, 0) is 5.72 Å². The molecule has 0 aliphatic carbocycles. The lowest BCUT2D eigenvalue weighted by molar-refractivity contribution is -0.656. The zero-order valence-corrected chi connectivity index (χ0v) is 14.2. The van der Waals surface area contributed by atoms with Crippen molar-refractivity contribution in [2.24, 2.45) is 0 Å². The second-order valence-electron chi connectivity index (χ2n) is 5.88. The summed E-state index contributed by atoms with van der Waals surface area (Å²) >= 11 is 7.83. The third kappa shape index (κ3) is 2.55. The number of nitrogens with zero attached hydrogens (tertiary/aromatic N) is 2. The van der Waals surface area contributed by atoms with Gasteiger partial charge in [-0.05, 0) is 42.4 Å². The summed E-state index contributed by atoms with van der Waals surface area (Å²) in [6.45, 7) is 1.39. The highest BCUT2D eigenvalue weighted by atomic mass is 35.5.